The number of benzene rings is 6. The second-order valence-electron chi connectivity index (χ2n) is 12.6. The summed E-state index contributed by atoms with van der Waals surface area (Å²) < 4.78 is 0. The van der Waals surface area contributed by atoms with Crippen LogP contribution in [0.15, 0.2) is 146 Å². The standard InChI is InChI=1S/C42H35N/c1-42(2)36-20-12-11-19-35(36)40-37(42)25-32-17-9-10-18-34(32)41(40)39-27-33(26-38(43-39)31-15-7-4-8-16-31)30-23-21-29(22-24-30)28-13-5-3-6-14-28/h3-26,33,39,43H,27H2,1-2H3. The fraction of sp³-hybridized carbons (Fsp3) is 0.143. The van der Waals surface area contributed by atoms with Crippen LogP contribution in [0, 0.1) is 0 Å². The minimum Gasteiger partial charge on any atom is -0.378 e. The maximum Gasteiger partial charge on any atom is 0.0535 e. The van der Waals surface area contributed by atoms with Gasteiger partial charge in [-0.15, -0.1) is 0 Å². The first kappa shape index (κ1) is 25.8. The Bertz CT molecular complexity index is 1980. The molecule has 2 unspecified atom stereocenters. The highest BCUT2D eigenvalue weighted by atomic mass is 14.9. The quantitative estimate of drug-likeness (QED) is 0.229. The van der Waals surface area contributed by atoms with Crippen LogP contribution in [0.25, 0.3) is 38.7 Å². The van der Waals surface area contributed by atoms with Crippen LogP contribution in [0.1, 0.15) is 60.0 Å². The van der Waals surface area contributed by atoms with Crippen LogP contribution >= 0.6 is 0 Å². The topological polar surface area (TPSA) is 12.0 Å². The Morgan fingerprint density at radius 3 is 2.00 bits per heavy atom. The van der Waals surface area contributed by atoms with Gasteiger partial charge in [0.05, 0.1) is 6.04 Å². The molecule has 43 heavy (non-hydrogen) atoms. The summed E-state index contributed by atoms with van der Waals surface area (Å²) in [4.78, 5) is 0. The van der Waals surface area contributed by atoms with E-state index in [0.717, 1.165) is 6.42 Å². The van der Waals surface area contributed by atoms with Crippen LogP contribution in [0.5, 0.6) is 0 Å². The molecule has 1 nitrogen and oxygen atoms in total. The van der Waals surface area contributed by atoms with Gasteiger partial charge in [0.15, 0.2) is 0 Å². The van der Waals surface area contributed by atoms with Crippen molar-refractivity contribution in [2.45, 2.75) is 37.6 Å². The molecular weight excluding hydrogens is 518 g/mol. The Morgan fingerprint density at radius 1 is 0.605 bits per heavy atom. The highest BCUT2D eigenvalue weighted by Crippen LogP contribution is 2.54. The molecule has 0 radical (unpaired) electrons. The summed E-state index contributed by atoms with van der Waals surface area (Å²) in [6.45, 7) is 4.77. The molecule has 1 heteroatoms. The van der Waals surface area contributed by atoms with E-state index in [0.29, 0.717) is 0 Å². The third kappa shape index (κ3) is 4.31. The molecule has 0 saturated heterocycles. The van der Waals surface area contributed by atoms with E-state index in [9.17, 15) is 0 Å². The Kier molecular flexibility index (Phi) is 6.08. The van der Waals surface area contributed by atoms with Crippen molar-refractivity contribution >= 4 is 16.5 Å². The third-order valence-corrected chi connectivity index (χ3v) is 9.70. The fourth-order valence-electron chi connectivity index (χ4n) is 7.50. The van der Waals surface area contributed by atoms with E-state index >= 15 is 0 Å². The van der Waals surface area contributed by atoms with E-state index < -0.39 is 0 Å². The van der Waals surface area contributed by atoms with Gasteiger partial charge in [-0.1, -0.05) is 153 Å². The van der Waals surface area contributed by atoms with Gasteiger partial charge in [0, 0.05) is 17.0 Å². The Morgan fingerprint density at radius 2 is 1.23 bits per heavy atom. The molecule has 0 aromatic heterocycles. The first-order chi connectivity index (χ1) is 21.1. The summed E-state index contributed by atoms with van der Waals surface area (Å²) in [6, 6.07) is 51.3. The van der Waals surface area contributed by atoms with Gasteiger partial charge in [0.25, 0.3) is 0 Å². The summed E-state index contributed by atoms with van der Waals surface area (Å²) in [7, 11) is 0. The number of hydrogen-bond donors (Lipinski definition) is 1. The van der Waals surface area contributed by atoms with Gasteiger partial charge < -0.3 is 5.32 Å². The minimum atomic E-state index is -0.0514. The maximum absolute atomic E-state index is 4.06. The fourth-order valence-corrected chi connectivity index (χ4v) is 7.50. The average molecular weight is 554 g/mol. The van der Waals surface area contributed by atoms with Crippen LogP contribution in [-0.2, 0) is 5.41 Å². The largest absolute Gasteiger partial charge is 0.378 e. The van der Waals surface area contributed by atoms with E-state index in [1.165, 1.54) is 66.5 Å². The van der Waals surface area contributed by atoms with Gasteiger partial charge in [-0.3, -0.25) is 0 Å². The predicted octanol–water partition coefficient (Wildman–Crippen LogP) is 10.7. The molecule has 2 aliphatic rings. The molecule has 6 aromatic carbocycles. The normalized spacial score (nSPS) is 18.4. The summed E-state index contributed by atoms with van der Waals surface area (Å²) in [6.07, 6.45) is 3.44. The van der Waals surface area contributed by atoms with E-state index in [-0.39, 0.29) is 17.4 Å². The number of rotatable bonds is 4. The second kappa shape index (κ2) is 10.1. The summed E-state index contributed by atoms with van der Waals surface area (Å²) in [5.74, 6) is 0.283. The highest BCUT2D eigenvalue weighted by molar-refractivity contribution is 5.98. The molecular formula is C42H35N. The molecule has 0 saturated carbocycles. The van der Waals surface area contributed by atoms with Gasteiger partial charge >= 0.3 is 0 Å². The molecule has 6 aromatic rings. The Hall–Kier alpha value is -4.88. The lowest BCUT2D eigenvalue weighted by molar-refractivity contribution is 0.529. The monoisotopic (exact) mass is 553 g/mol. The minimum absolute atomic E-state index is 0.0514. The molecule has 208 valence electrons. The Labute approximate surface area is 254 Å². The predicted molar refractivity (Wildman–Crippen MR) is 181 cm³/mol. The first-order valence-corrected chi connectivity index (χ1v) is 15.4. The van der Waals surface area contributed by atoms with Crippen molar-refractivity contribution in [3.63, 3.8) is 0 Å². The van der Waals surface area contributed by atoms with Gasteiger partial charge in [-0.05, 0) is 73.3 Å². The molecule has 1 aliphatic heterocycles. The third-order valence-electron chi connectivity index (χ3n) is 9.70. The van der Waals surface area contributed by atoms with Crippen LogP contribution < -0.4 is 5.32 Å². The number of fused-ring (bicyclic) bond motifs is 4. The maximum atomic E-state index is 4.06. The summed E-state index contributed by atoms with van der Waals surface area (Å²) in [5, 5.41) is 6.73. The van der Waals surface area contributed by atoms with Crippen molar-refractivity contribution in [2.24, 2.45) is 0 Å². The average Bonchev–Trinajstić information content (AvgIpc) is 3.30. The van der Waals surface area contributed by atoms with Gasteiger partial charge in [-0.2, -0.15) is 0 Å². The summed E-state index contributed by atoms with van der Waals surface area (Å²) >= 11 is 0. The zero-order valence-corrected chi connectivity index (χ0v) is 24.7. The van der Waals surface area contributed by atoms with Gasteiger partial charge in [0.2, 0.25) is 0 Å². The van der Waals surface area contributed by atoms with E-state index in [1.54, 1.807) is 0 Å². The highest BCUT2D eigenvalue weighted by Gasteiger charge is 2.39. The first-order valence-electron chi connectivity index (χ1n) is 15.4. The molecule has 0 spiro atoms. The van der Waals surface area contributed by atoms with Crippen molar-refractivity contribution in [3.8, 4) is 22.3 Å². The molecule has 0 bridgehead atoms. The molecule has 1 heterocycles. The molecule has 0 fully saturated rings. The van der Waals surface area contributed by atoms with Gasteiger partial charge in [-0.25, -0.2) is 0 Å². The van der Waals surface area contributed by atoms with E-state index in [2.05, 4.69) is 165 Å². The van der Waals surface area contributed by atoms with Crippen LogP contribution in [-0.4, -0.2) is 0 Å². The van der Waals surface area contributed by atoms with Crippen molar-refractivity contribution in [2.75, 3.05) is 0 Å². The van der Waals surface area contributed by atoms with Crippen LogP contribution in [0.4, 0.5) is 0 Å². The van der Waals surface area contributed by atoms with Crippen molar-refractivity contribution in [1.82, 2.24) is 5.32 Å². The lowest BCUT2D eigenvalue weighted by Crippen LogP contribution is -2.27. The second-order valence-corrected chi connectivity index (χ2v) is 12.6. The van der Waals surface area contributed by atoms with Gasteiger partial charge in [0.1, 0.15) is 0 Å². The summed E-state index contributed by atoms with van der Waals surface area (Å²) in [5.41, 5.74) is 13.3. The van der Waals surface area contributed by atoms with E-state index in [4.69, 9.17) is 0 Å². The number of nitrogens with one attached hydrogen (secondary N) is 1. The van der Waals surface area contributed by atoms with Crippen molar-refractivity contribution in [3.05, 3.63) is 173 Å². The SMILES string of the molecule is CC1(C)c2ccccc2-c2c1cc1ccccc1c2C1CC(c2ccc(-c3ccccc3)cc2)C=C(c2ccccc2)N1. The number of hydrogen-bond acceptors (Lipinski definition) is 1. The zero-order valence-electron chi connectivity index (χ0n) is 24.7. The smallest absolute Gasteiger partial charge is 0.0535 e. The van der Waals surface area contributed by atoms with Crippen molar-refractivity contribution < 1.29 is 0 Å². The number of allylic oxidation sites excluding steroid dienone is 1. The Balaban J connectivity index is 1.30. The molecule has 2 atom stereocenters. The lowest BCUT2D eigenvalue weighted by atomic mass is 9.78. The molecule has 1 N–H and O–H groups in total. The molecule has 8 rings (SSSR count). The van der Waals surface area contributed by atoms with E-state index in [1.807, 2.05) is 0 Å². The molecule has 1 aliphatic carbocycles. The molecule has 0 amide bonds. The van der Waals surface area contributed by atoms with Crippen LogP contribution in [0.3, 0.4) is 0 Å². The van der Waals surface area contributed by atoms with Crippen LogP contribution in [0.2, 0.25) is 0 Å². The van der Waals surface area contributed by atoms with Crippen molar-refractivity contribution in [1.29, 1.82) is 0 Å². The lowest BCUT2D eigenvalue weighted by Gasteiger charge is -2.34. The zero-order chi connectivity index (χ0) is 29.0.